The number of halogens is 3. The molecule has 1 saturated heterocycles. The van der Waals surface area contributed by atoms with Crippen LogP contribution in [0.1, 0.15) is 39.9 Å². The number of hydrogen-bond acceptors (Lipinski definition) is 2. The molecule has 172 valence electrons. The number of aryl methyl sites for hydroxylation is 1. The number of nitrogens with one attached hydrogen (secondary N) is 1. The summed E-state index contributed by atoms with van der Waals surface area (Å²) in [5.74, 6) is -0.326. The Kier molecular flexibility index (Phi) is 6.84. The first kappa shape index (κ1) is 23.1. The molecule has 3 aromatic carbocycles. The lowest BCUT2D eigenvalue weighted by atomic mass is 10.00. The van der Waals surface area contributed by atoms with E-state index in [-0.39, 0.29) is 17.5 Å². The highest BCUT2D eigenvalue weighted by atomic mass is 19.4. The third-order valence-corrected chi connectivity index (χ3v) is 6.08. The Labute approximate surface area is 192 Å². The average Bonchev–Trinajstić information content (AvgIpc) is 2.80. The smallest absolute Gasteiger partial charge is 0.349 e. The van der Waals surface area contributed by atoms with Crippen molar-refractivity contribution in [2.45, 2.75) is 38.5 Å². The molecule has 33 heavy (non-hydrogen) atoms. The minimum Gasteiger partial charge on any atom is -0.349 e. The fourth-order valence-electron chi connectivity index (χ4n) is 4.25. The lowest BCUT2D eigenvalue weighted by Crippen LogP contribution is -2.44. The Morgan fingerprint density at radius 3 is 2.21 bits per heavy atom. The van der Waals surface area contributed by atoms with Crippen molar-refractivity contribution in [1.29, 1.82) is 0 Å². The summed E-state index contributed by atoms with van der Waals surface area (Å²) in [5, 5.41) is 2.97. The van der Waals surface area contributed by atoms with Gasteiger partial charge in [0.2, 0.25) is 0 Å². The summed E-state index contributed by atoms with van der Waals surface area (Å²) in [6, 6.07) is 21.4. The molecule has 1 aliphatic heterocycles. The van der Waals surface area contributed by atoms with Gasteiger partial charge in [-0.2, -0.15) is 13.2 Å². The van der Waals surface area contributed by atoms with E-state index < -0.39 is 11.7 Å². The second-order valence-corrected chi connectivity index (χ2v) is 8.67. The van der Waals surface area contributed by atoms with Crippen molar-refractivity contribution in [3.05, 3.63) is 95.1 Å². The molecule has 6 heteroatoms. The molecule has 0 atom stereocenters. The Balaban J connectivity index is 1.30. The van der Waals surface area contributed by atoms with Gasteiger partial charge in [0.1, 0.15) is 0 Å². The maximum Gasteiger partial charge on any atom is 0.416 e. The number of hydrogen-bond donors (Lipinski definition) is 1. The Morgan fingerprint density at radius 1 is 0.939 bits per heavy atom. The van der Waals surface area contributed by atoms with Gasteiger partial charge in [0, 0.05) is 31.2 Å². The number of likely N-dealkylation sites (tertiary alicyclic amines) is 1. The van der Waals surface area contributed by atoms with E-state index in [9.17, 15) is 18.0 Å². The number of rotatable bonds is 5. The lowest BCUT2D eigenvalue weighted by Gasteiger charge is -2.32. The van der Waals surface area contributed by atoms with Crippen LogP contribution in [0.2, 0.25) is 0 Å². The van der Waals surface area contributed by atoms with Crippen LogP contribution in [0.4, 0.5) is 13.2 Å². The van der Waals surface area contributed by atoms with Crippen molar-refractivity contribution < 1.29 is 18.0 Å². The summed E-state index contributed by atoms with van der Waals surface area (Å²) in [7, 11) is 0. The van der Waals surface area contributed by atoms with Crippen molar-refractivity contribution >= 4 is 5.91 Å². The van der Waals surface area contributed by atoms with E-state index >= 15 is 0 Å². The first-order valence-corrected chi connectivity index (χ1v) is 11.1. The molecule has 0 radical (unpaired) electrons. The molecule has 1 amide bonds. The Bertz CT molecular complexity index is 1100. The van der Waals surface area contributed by atoms with Gasteiger partial charge in [-0.15, -0.1) is 0 Å². The number of amides is 1. The molecular formula is C27H27F3N2O. The summed E-state index contributed by atoms with van der Waals surface area (Å²) < 4.78 is 38.1. The number of benzene rings is 3. The van der Waals surface area contributed by atoms with Crippen molar-refractivity contribution in [2.75, 3.05) is 13.1 Å². The van der Waals surface area contributed by atoms with Gasteiger partial charge in [0.15, 0.2) is 0 Å². The van der Waals surface area contributed by atoms with Crippen LogP contribution in [0.5, 0.6) is 0 Å². The van der Waals surface area contributed by atoms with Crippen molar-refractivity contribution in [3.63, 3.8) is 0 Å². The number of carbonyl (C=O) groups is 1. The Hall–Kier alpha value is -3.12. The molecule has 4 rings (SSSR count). The van der Waals surface area contributed by atoms with Gasteiger partial charge in [-0.25, -0.2) is 0 Å². The Morgan fingerprint density at radius 2 is 1.58 bits per heavy atom. The van der Waals surface area contributed by atoms with Crippen LogP contribution in [-0.2, 0) is 12.7 Å². The van der Waals surface area contributed by atoms with E-state index in [0.717, 1.165) is 44.6 Å². The van der Waals surface area contributed by atoms with Crippen LogP contribution < -0.4 is 5.32 Å². The molecule has 1 heterocycles. The van der Waals surface area contributed by atoms with E-state index in [1.54, 1.807) is 0 Å². The number of alkyl halides is 3. The maximum atomic E-state index is 12.7. The highest BCUT2D eigenvalue weighted by Crippen LogP contribution is 2.29. The largest absolute Gasteiger partial charge is 0.416 e. The first-order chi connectivity index (χ1) is 15.8. The number of carbonyl (C=O) groups excluding carboxylic acids is 1. The highest BCUT2D eigenvalue weighted by Gasteiger charge is 2.30. The van der Waals surface area contributed by atoms with E-state index in [1.165, 1.54) is 34.4 Å². The molecular weight excluding hydrogens is 425 g/mol. The van der Waals surface area contributed by atoms with Gasteiger partial charge >= 0.3 is 6.18 Å². The highest BCUT2D eigenvalue weighted by molar-refractivity contribution is 5.94. The van der Waals surface area contributed by atoms with Gasteiger partial charge < -0.3 is 5.32 Å². The van der Waals surface area contributed by atoms with E-state index in [2.05, 4.69) is 65.7 Å². The molecule has 0 aliphatic carbocycles. The maximum absolute atomic E-state index is 12.7. The van der Waals surface area contributed by atoms with Crippen molar-refractivity contribution in [3.8, 4) is 11.1 Å². The van der Waals surface area contributed by atoms with Gasteiger partial charge in [0.25, 0.3) is 5.91 Å². The van der Waals surface area contributed by atoms with Crippen LogP contribution in [0.25, 0.3) is 11.1 Å². The zero-order valence-corrected chi connectivity index (χ0v) is 18.5. The molecule has 0 aromatic heterocycles. The third-order valence-electron chi connectivity index (χ3n) is 6.08. The summed E-state index contributed by atoms with van der Waals surface area (Å²) >= 11 is 0. The van der Waals surface area contributed by atoms with Crippen LogP contribution in [0, 0.1) is 6.92 Å². The minimum absolute atomic E-state index is 0.0228. The van der Waals surface area contributed by atoms with Gasteiger partial charge in [-0.3, -0.25) is 9.69 Å². The van der Waals surface area contributed by atoms with Gasteiger partial charge in [-0.05, 0) is 66.8 Å². The van der Waals surface area contributed by atoms with Crippen LogP contribution in [-0.4, -0.2) is 29.9 Å². The van der Waals surface area contributed by atoms with Crippen molar-refractivity contribution in [2.24, 2.45) is 0 Å². The quantitative estimate of drug-likeness (QED) is 0.509. The number of piperidine rings is 1. The first-order valence-electron chi connectivity index (χ1n) is 11.1. The molecule has 1 fully saturated rings. The second-order valence-electron chi connectivity index (χ2n) is 8.67. The fourth-order valence-corrected chi connectivity index (χ4v) is 4.25. The standard InChI is InChI=1S/C27H27F3N2O/c1-19-4-2-6-22(16-19)23-7-3-5-20(17-23)18-32-14-12-25(13-15-32)31-26(33)21-8-10-24(11-9-21)27(28,29)30/h2-11,16-17,25H,12-15,18H2,1H3,(H,31,33). The summed E-state index contributed by atoms with van der Waals surface area (Å²) in [4.78, 5) is 14.8. The molecule has 1 aliphatic rings. The fraction of sp³-hybridized carbons (Fsp3) is 0.296. The minimum atomic E-state index is -4.40. The monoisotopic (exact) mass is 452 g/mol. The zero-order chi connectivity index (χ0) is 23.4. The van der Waals surface area contributed by atoms with E-state index in [1.807, 2.05) is 0 Å². The summed E-state index contributed by atoms with van der Waals surface area (Å²) in [6.45, 7) is 4.65. The van der Waals surface area contributed by atoms with Crippen LogP contribution in [0.15, 0.2) is 72.8 Å². The third kappa shape index (κ3) is 6.02. The summed E-state index contributed by atoms with van der Waals surface area (Å²) in [5.41, 5.74) is 4.40. The predicted octanol–water partition coefficient (Wildman–Crippen LogP) is 6.08. The van der Waals surface area contributed by atoms with E-state index in [4.69, 9.17) is 0 Å². The SMILES string of the molecule is Cc1cccc(-c2cccc(CN3CCC(NC(=O)c4ccc(C(F)(F)F)cc4)CC3)c2)c1. The van der Waals surface area contributed by atoms with Crippen LogP contribution in [0.3, 0.4) is 0 Å². The molecule has 0 saturated carbocycles. The average molecular weight is 453 g/mol. The molecule has 3 nitrogen and oxygen atoms in total. The van der Waals surface area contributed by atoms with Crippen LogP contribution >= 0.6 is 0 Å². The van der Waals surface area contributed by atoms with Gasteiger partial charge in [-0.1, -0.05) is 48.0 Å². The topological polar surface area (TPSA) is 32.3 Å². The van der Waals surface area contributed by atoms with E-state index in [0.29, 0.717) is 0 Å². The van der Waals surface area contributed by atoms with Crippen molar-refractivity contribution in [1.82, 2.24) is 10.2 Å². The molecule has 0 unspecified atom stereocenters. The zero-order valence-electron chi connectivity index (χ0n) is 18.5. The summed E-state index contributed by atoms with van der Waals surface area (Å²) in [6.07, 6.45) is -2.78. The molecule has 1 N–H and O–H groups in total. The predicted molar refractivity (Wildman–Crippen MR) is 124 cm³/mol. The molecule has 3 aromatic rings. The molecule has 0 bridgehead atoms. The normalized spacial score (nSPS) is 15.4. The second kappa shape index (κ2) is 9.79. The lowest BCUT2D eigenvalue weighted by molar-refractivity contribution is -0.137. The number of nitrogens with zero attached hydrogens (tertiary/aromatic N) is 1. The van der Waals surface area contributed by atoms with Gasteiger partial charge in [0.05, 0.1) is 5.56 Å². The molecule has 0 spiro atoms.